The van der Waals surface area contributed by atoms with Crippen LogP contribution in [0.3, 0.4) is 0 Å². The van der Waals surface area contributed by atoms with Crippen LogP contribution < -0.4 is 0 Å². The minimum Gasteiger partial charge on any atom is -0.369 e. The van der Waals surface area contributed by atoms with Gasteiger partial charge in [-0.1, -0.05) is 30.3 Å². The van der Waals surface area contributed by atoms with E-state index in [2.05, 4.69) is 29.2 Å². The van der Waals surface area contributed by atoms with Gasteiger partial charge < -0.3 is 9.64 Å². The Morgan fingerprint density at radius 2 is 2.05 bits per heavy atom. The molecule has 2 fully saturated rings. The van der Waals surface area contributed by atoms with Crippen LogP contribution in [-0.4, -0.2) is 54.6 Å². The number of carbonyl (C=O) groups is 1. The van der Waals surface area contributed by atoms with Crippen LogP contribution in [0.4, 0.5) is 0 Å². The van der Waals surface area contributed by atoms with Crippen LogP contribution in [0.5, 0.6) is 0 Å². The van der Waals surface area contributed by atoms with E-state index < -0.39 is 0 Å². The molecular weight excluding hydrogens is 240 g/mol. The van der Waals surface area contributed by atoms with Gasteiger partial charge in [-0.05, 0) is 12.0 Å². The van der Waals surface area contributed by atoms with Gasteiger partial charge in [0, 0.05) is 33.3 Å². The lowest BCUT2D eigenvalue weighted by Gasteiger charge is -2.46. The molecule has 0 saturated carbocycles. The van der Waals surface area contributed by atoms with Crippen molar-refractivity contribution in [1.82, 2.24) is 9.80 Å². The Hall–Kier alpha value is -1.39. The summed E-state index contributed by atoms with van der Waals surface area (Å²) in [6.07, 6.45) is 0.822. The fraction of sp³-hybridized carbons (Fsp3) is 0.533. The van der Waals surface area contributed by atoms with Crippen LogP contribution in [0.1, 0.15) is 12.0 Å². The zero-order valence-corrected chi connectivity index (χ0v) is 11.3. The summed E-state index contributed by atoms with van der Waals surface area (Å²) in [5, 5.41) is 0. The number of amides is 1. The monoisotopic (exact) mass is 260 g/mol. The van der Waals surface area contributed by atoms with E-state index in [1.165, 1.54) is 5.56 Å². The van der Waals surface area contributed by atoms with Crippen molar-refractivity contribution in [2.45, 2.75) is 25.1 Å². The van der Waals surface area contributed by atoms with E-state index in [0.29, 0.717) is 0 Å². The molecule has 0 unspecified atom stereocenters. The highest BCUT2D eigenvalue weighted by Crippen LogP contribution is 2.26. The molecule has 3 rings (SSSR count). The van der Waals surface area contributed by atoms with Crippen molar-refractivity contribution in [1.29, 1.82) is 0 Å². The van der Waals surface area contributed by atoms with E-state index >= 15 is 0 Å². The van der Waals surface area contributed by atoms with E-state index in [-0.39, 0.29) is 18.1 Å². The zero-order valence-electron chi connectivity index (χ0n) is 11.3. The van der Waals surface area contributed by atoms with Gasteiger partial charge in [-0.3, -0.25) is 9.69 Å². The molecule has 4 heteroatoms. The Morgan fingerprint density at radius 1 is 1.26 bits per heavy atom. The van der Waals surface area contributed by atoms with Gasteiger partial charge in [0.2, 0.25) is 0 Å². The van der Waals surface area contributed by atoms with E-state index in [1.54, 1.807) is 7.11 Å². The first-order valence-electron chi connectivity index (χ1n) is 6.89. The average molecular weight is 260 g/mol. The standard InChI is InChI=1S/C15H20N2O2/c1-19-14-13-11-16(8-5-9-17(13)15(14)18)10-12-6-3-2-4-7-12/h2-4,6-7,13-14H,5,8-11H2,1H3/t13-,14+/m0/s1. The van der Waals surface area contributed by atoms with E-state index in [0.717, 1.165) is 32.6 Å². The lowest BCUT2D eigenvalue weighted by Crippen LogP contribution is -2.67. The molecular formula is C15H20N2O2. The maximum absolute atomic E-state index is 11.8. The average Bonchev–Trinajstić information content (AvgIpc) is 2.61. The normalized spacial score (nSPS) is 27.6. The van der Waals surface area contributed by atoms with Crippen molar-refractivity contribution in [3.8, 4) is 0 Å². The molecule has 1 aromatic rings. The van der Waals surface area contributed by atoms with Crippen LogP contribution in [0.15, 0.2) is 30.3 Å². The second-order valence-electron chi connectivity index (χ2n) is 5.33. The van der Waals surface area contributed by atoms with Crippen LogP contribution in [0.25, 0.3) is 0 Å². The molecule has 0 aliphatic carbocycles. The van der Waals surface area contributed by atoms with Crippen LogP contribution in [0, 0.1) is 0 Å². The summed E-state index contributed by atoms with van der Waals surface area (Å²) in [6.45, 7) is 3.79. The minimum absolute atomic E-state index is 0.161. The molecule has 102 valence electrons. The van der Waals surface area contributed by atoms with E-state index in [1.807, 2.05) is 11.0 Å². The van der Waals surface area contributed by atoms with Gasteiger partial charge >= 0.3 is 0 Å². The molecule has 2 aliphatic heterocycles. The number of nitrogens with zero attached hydrogens (tertiary/aromatic N) is 2. The van der Waals surface area contributed by atoms with Crippen molar-refractivity contribution in [2.75, 3.05) is 26.7 Å². The first-order valence-corrected chi connectivity index (χ1v) is 6.89. The summed E-state index contributed by atoms with van der Waals surface area (Å²) < 4.78 is 5.30. The maximum atomic E-state index is 11.8. The molecule has 2 heterocycles. The highest BCUT2D eigenvalue weighted by atomic mass is 16.5. The molecule has 0 spiro atoms. The molecule has 1 aromatic carbocycles. The maximum Gasteiger partial charge on any atom is 0.254 e. The lowest BCUT2D eigenvalue weighted by molar-refractivity contribution is -0.170. The Balaban J connectivity index is 1.66. The second-order valence-corrected chi connectivity index (χ2v) is 5.33. The van der Waals surface area contributed by atoms with Gasteiger partial charge in [-0.15, -0.1) is 0 Å². The van der Waals surface area contributed by atoms with E-state index in [9.17, 15) is 4.79 Å². The summed E-state index contributed by atoms with van der Waals surface area (Å²) in [5.41, 5.74) is 1.33. The summed E-state index contributed by atoms with van der Waals surface area (Å²) >= 11 is 0. The highest BCUT2D eigenvalue weighted by Gasteiger charge is 2.48. The van der Waals surface area contributed by atoms with Crippen molar-refractivity contribution in [2.24, 2.45) is 0 Å². The molecule has 0 aromatic heterocycles. The minimum atomic E-state index is -0.226. The predicted octanol–water partition coefficient (Wildman–Crippen LogP) is 1.12. The van der Waals surface area contributed by atoms with Gasteiger partial charge in [-0.2, -0.15) is 0 Å². The lowest BCUT2D eigenvalue weighted by atomic mass is 9.98. The molecule has 1 amide bonds. The number of hydrogen-bond acceptors (Lipinski definition) is 3. The molecule has 4 nitrogen and oxygen atoms in total. The number of fused-ring (bicyclic) bond motifs is 1. The molecule has 2 saturated heterocycles. The summed E-state index contributed by atoms with van der Waals surface area (Å²) in [5.74, 6) is 0.161. The quantitative estimate of drug-likeness (QED) is 0.764. The van der Waals surface area contributed by atoms with Crippen molar-refractivity contribution in [3.63, 3.8) is 0 Å². The van der Waals surface area contributed by atoms with Crippen molar-refractivity contribution in [3.05, 3.63) is 35.9 Å². The Kier molecular flexibility index (Phi) is 3.53. The number of β-lactam (4-membered cyclic amide) rings is 1. The molecule has 0 radical (unpaired) electrons. The molecule has 0 bridgehead atoms. The molecule has 2 atom stereocenters. The zero-order chi connectivity index (χ0) is 13.2. The van der Waals surface area contributed by atoms with Gasteiger partial charge in [0.1, 0.15) is 0 Å². The second kappa shape index (κ2) is 5.31. The third-order valence-electron chi connectivity index (χ3n) is 4.10. The first-order chi connectivity index (χ1) is 9.29. The number of rotatable bonds is 3. The van der Waals surface area contributed by atoms with Gasteiger partial charge in [0.15, 0.2) is 6.10 Å². The summed E-state index contributed by atoms with van der Waals surface area (Å²) in [6, 6.07) is 10.7. The smallest absolute Gasteiger partial charge is 0.254 e. The van der Waals surface area contributed by atoms with Crippen molar-refractivity contribution >= 4 is 5.91 Å². The first kappa shape index (κ1) is 12.6. The van der Waals surface area contributed by atoms with Crippen molar-refractivity contribution < 1.29 is 9.53 Å². The number of hydrogen-bond donors (Lipinski definition) is 0. The molecule has 19 heavy (non-hydrogen) atoms. The molecule has 2 aliphatic rings. The predicted molar refractivity (Wildman–Crippen MR) is 72.6 cm³/mol. The Labute approximate surface area is 113 Å². The molecule has 0 N–H and O–H groups in total. The van der Waals surface area contributed by atoms with Gasteiger partial charge in [-0.25, -0.2) is 0 Å². The fourth-order valence-corrected chi connectivity index (χ4v) is 3.11. The van der Waals surface area contributed by atoms with Crippen LogP contribution in [0.2, 0.25) is 0 Å². The van der Waals surface area contributed by atoms with Gasteiger partial charge in [0.05, 0.1) is 6.04 Å². The number of ether oxygens (including phenoxy) is 1. The van der Waals surface area contributed by atoms with E-state index in [4.69, 9.17) is 4.74 Å². The number of methoxy groups -OCH3 is 1. The van der Waals surface area contributed by atoms with Crippen LogP contribution >= 0.6 is 0 Å². The largest absolute Gasteiger partial charge is 0.369 e. The fourth-order valence-electron chi connectivity index (χ4n) is 3.11. The highest BCUT2D eigenvalue weighted by molar-refractivity contribution is 5.88. The number of carbonyl (C=O) groups excluding carboxylic acids is 1. The summed E-state index contributed by atoms with van der Waals surface area (Å²) in [4.78, 5) is 16.2. The summed E-state index contributed by atoms with van der Waals surface area (Å²) in [7, 11) is 1.63. The third kappa shape index (κ3) is 2.38. The van der Waals surface area contributed by atoms with Gasteiger partial charge in [0.25, 0.3) is 5.91 Å². The Morgan fingerprint density at radius 3 is 2.79 bits per heavy atom. The number of benzene rings is 1. The topological polar surface area (TPSA) is 32.8 Å². The van der Waals surface area contributed by atoms with Crippen LogP contribution in [-0.2, 0) is 16.1 Å². The third-order valence-corrected chi connectivity index (χ3v) is 4.10. The SMILES string of the molecule is CO[C@H]1C(=O)N2CCCN(Cc3ccccc3)C[C@@H]12. The Bertz CT molecular complexity index is 449.